The Morgan fingerprint density at radius 3 is 2.62 bits per heavy atom. The van der Waals surface area contributed by atoms with E-state index in [-0.39, 0.29) is 0 Å². The molecule has 1 atom stereocenters. The van der Waals surface area contributed by atoms with Crippen molar-refractivity contribution in [3.8, 4) is 0 Å². The molecule has 0 amide bonds. The minimum atomic E-state index is -4.38. The van der Waals surface area contributed by atoms with E-state index in [1.165, 1.54) is 6.07 Å². The first-order valence-corrected chi connectivity index (χ1v) is 7.28. The molecule has 2 aliphatic heterocycles. The molecule has 4 nitrogen and oxygen atoms in total. The Morgan fingerprint density at radius 1 is 1.14 bits per heavy atom. The van der Waals surface area contributed by atoms with Crippen molar-refractivity contribution in [2.24, 2.45) is 0 Å². The number of piperazine rings is 1. The molecule has 1 aromatic rings. The molecule has 7 heteroatoms. The Labute approximate surface area is 121 Å². The Morgan fingerprint density at radius 2 is 1.90 bits per heavy atom. The summed E-state index contributed by atoms with van der Waals surface area (Å²) in [6, 6.07) is 4.54. The molecule has 2 saturated heterocycles. The van der Waals surface area contributed by atoms with E-state index in [0.29, 0.717) is 11.9 Å². The van der Waals surface area contributed by atoms with Crippen LogP contribution in [0.4, 0.5) is 19.0 Å². The highest BCUT2D eigenvalue weighted by Gasteiger charge is 2.34. The van der Waals surface area contributed by atoms with Crippen molar-refractivity contribution in [3.63, 3.8) is 0 Å². The van der Waals surface area contributed by atoms with Gasteiger partial charge >= 0.3 is 6.18 Å². The van der Waals surface area contributed by atoms with Gasteiger partial charge in [-0.05, 0) is 18.6 Å². The molecule has 1 unspecified atom stereocenters. The van der Waals surface area contributed by atoms with E-state index >= 15 is 0 Å². The molecule has 1 N–H and O–H groups in total. The first-order valence-electron chi connectivity index (χ1n) is 7.28. The van der Waals surface area contributed by atoms with Crippen LogP contribution in [0.2, 0.25) is 0 Å². The molecule has 0 radical (unpaired) electrons. The van der Waals surface area contributed by atoms with Crippen molar-refractivity contribution >= 4 is 5.82 Å². The second-order valence-corrected chi connectivity index (χ2v) is 5.55. The van der Waals surface area contributed by atoms with Crippen LogP contribution >= 0.6 is 0 Å². The molecule has 2 aliphatic rings. The number of alkyl halides is 3. The van der Waals surface area contributed by atoms with Gasteiger partial charge in [0, 0.05) is 45.3 Å². The van der Waals surface area contributed by atoms with Gasteiger partial charge in [-0.15, -0.1) is 0 Å². The van der Waals surface area contributed by atoms with Gasteiger partial charge in [0.05, 0.1) is 0 Å². The van der Waals surface area contributed by atoms with Gasteiger partial charge in [-0.2, -0.15) is 13.2 Å². The van der Waals surface area contributed by atoms with Crippen molar-refractivity contribution < 1.29 is 13.2 Å². The second-order valence-electron chi connectivity index (χ2n) is 5.55. The number of hydrogen-bond acceptors (Lipinski definition) is 4. The summed E-state index contributed by atoms with van der Waals surface area (Å²) < 4.78 is 38.2. The SMILES string of the molecule is FC(F)(F)c1cccc(N2CCC(N3CCNCC3)C2)n1. The number of pyridine rings is 1. The second kappa shape index (κ2) is 5.81. The van der Waals surface area contributed by atoms with Crippen LogP contribution in [0.3, 0.4) is 0 Å². The zero-order valence-electron chi connectivity index (χ0n) is 11.7. The number of halogens is 3. The highest BCUT2D eigenvalue weighted by atomic mass is 19.4. The highest BCUT2D eigenvalue weighted by Crippen LogP contribution is 2.30. The summed E-state index contributed by atoms with van der Waals surface area (Å²) in [7, 11) is 0. The lowest BCUT2D eigenvalue weighted by Gasteiger charge is -2.32. The third kappa shape index (κ3) is 3.29. The summed E-state index contributed by atoms with van der Waals surface area (Å²) in [6.07, 6.45) is -3.40. The average Bonchev–Trinajstić information content (AvgIpc) is 2.97. The van der Waals surface area contributed by atoms with Crippen LogP contribution in [0.1, 0.15) is 12.1 Å². The highest BCUT2D eigenvalue weighted by molar-refractivity contribution is 5.41. The molecule has 2 fully saturated rings. The summed E-state index contributed by atoms with van der Waals surface area (Å²) in [5.41, 5.74) is -0.814. The minimum absolute atomic E-state index is 0.420. The Bertz CT molecular complexity index is 485. The van der Waals surface area contributed by atoms with Gasteiger partial charge < -0.3 is 10.2 Å². The molecule has 3 rings (SSSR count). The molecule has 0 spiro atoms. The van der Waals surface area contributed by atoms with Crippen LogP contribution in [0.15, 0.2) is 18.2 Å². The molecule has 1 aromatic heterocycles. The standard InChI is InChI=1S/C14H19F3N4/c15-14(16,17)12-2-1-3-13(19-12)21-7-4-11(10-21)20-8-5-18-6-9-20/h1-3,11,18H,4-10H2. The number of aromatic nitrogens is 1. The molecular formula is C14H19F3N4. The van der Waals surface area contributed by atoms with Crippen molar-refractivity contribution in [2.75, 3.05) is 44.2 Å². The average molecular weight is 300 g/mol. The number of nitrogens with one attached hydrogen (secondary N) is 1. The monoisotopic (exact) mass is 300 g/mol. The number of hydrogen-bond donors (Lipinski definition) is 1. The van der Waals surface area contributed by atoms with Crippen LogP contribution in [0.5, 0.6) is 0 Å². The van der Waals surface area contributed by atoms with Crippen LogP contribution in [0, 0.1) is 0 Å². The third-order valence-corrected chi connectivity index (χ3v) is 4.18. The summed E-state index contributed by atoms with van der Waals surface area (Å²) >= 11 is 0. The van der Waals surface area contributed by atoms with Gasteiger partial charge in [0.1, 0.15) is 11.5 Å². The molecule has 0 bridgehead atoms. The fourth-order valence-electron chi connectivity index (χ4n) is 3.05. The van der Waals surface area contributed by atoms with Crippen LogP contribution in [-0.2, 0) is 6.18 Å². The maximum atomic E-state index is 12.7. The summed E-state index contributed by atoms with van der Waals surface area (Å²) in [6.45, 7) is 5.51. The Kier molecular flexibility index (Phi) is 4.03. The lowest BCUT2D eigenvalue weighted by molar-refractivity contribution is -0.141. The lowest BCUT2D eigenvalue weighted by Crippen LogP contribution is -2.49. The molecule has 0 aromatic carbocycles. The normalized spacial score (nSPS) is 24.5. The van der Waals surface area contributed by atoms with Crippen LogP contribution < -0.4 is 10.2 Å². The third-order valence-electron chi connectivity index (χ3n) is 4.18. The van der Waals surface area contributed by atoms with Crippen LogP contribution in [0.25, 0.3) is 0 Å². The molecule has 116 valence electrons. The minimum Gasteiger partial charge on any atom is -0.355 e. The topological polar surface area (TPSA) is 31.4 Å². The zero-order chi connectivity index (χ0) is 14.9. The molecule has 0 aliphatic carbocycles. The number of anilines is 1. The summed E-state index contributed by atoms with van der Waals surface area (Å²) in [5.74, 6) is 0.433. The Hall–Kier alpha value is -1.34. The largest absolute Gasteiger partial charge is 0.433 e. The van der Waals surface area contributed by atoms with E-state index in [0.717, 1.165) is 51.8 Å². The maximum absolute atomic E-state index is 12.7. The van der Waals surface area contributed by atoms with Crippen molar-refractivity contribution in [1.29, 1.82) is 0 Å². The first-order chi connectivity index (χ1) is 10.0. The first kappa shape index (κ1) is 14.6. The van der Waals surface area contributed by atoms with Gasteiger partial charge in [0.25, 0.3) is 0 Å². The van der Waals surface area contributed by atoms with E-state index in [9.17, 15) is 13.2 Å². The Balaban J connectivity index is 1.68. The zero-order valence-corrected chi connectivity index (χ0v) is 11.7. The summed E-state index contributed by atoms with van der Waals surface area (Å²) in [5, 5.41) is 3.31. The molecule has 0 saturated carbocycles. The van der Waals surface area contributed by atoms with Crippen LogP contribution in [-0.4, -0.2) is 55.2 Å². The van der Waals surface area contributed by atoms with Gasteiger partial charge in [0.2, 0.25) is 0 Å². The predicted molar refractivity (Wildman–Crippen MR) is 74.3 cm³/mol. The van der Waals surface area contributed by atoms with E-state index in [1.807, 2.05) is 4.90 Å². The predicted octanol–water partition coefficient (Wildman–Crippen LogP) is 1.58. The quantitative estimate of drug-likeness (QED) is 0.899. The van der Waals surface area contributed by atoms with Gasteiger partial charge in [0.15, 0.2) is 0 Å². The molecular weight excluding hydrogens is 281 g/mol. The molecule has 21 heavy (non-hydrogen) atoms. The lowest BCUT2D eigenvalue weighted by atomic mass is 10.2. The van der Waals surface area contributed by atoms with Crippen molar-refractivity contribution in [3.05, 3.63) is 23.9 Å². The van der Waals surface area contributed by atoms with E-state index in [4.69, 9.17) is 0 Å². The maximum Gasteiger partial charge on any atom is 0.433 e. The van der Waals surface area contributed by atoms with Gasteiger partial charge in [-0.1, -0.05) is 6.07 Å². The van der Waals surface area contributed by atoms with Crippen molar-refractivity contribution in [2.45, 2.75) is 18.6 Å². The smallest absolute Gasteiger partial charge is 0.355 e. The van der Waals surface area contributed by atoms with Gasteiger partial charge in [-0.25, -0.2) is 4.98 Å². The fraction of sp³-hybridized carbons (Fsp3) is 0.643. The van der Waals surface area contributed by atoms with E-state index in [1.54, 1.807) is 6.07 Å². The van der Waals surface area contributed by atoms with Crippen molar-refractivity contribution in [1.82, 2.24) is 15.2 Å². The number of rotatable bonds is 2. The summed E-state index contributed by atoms with van der Waals surface area (Å²) in [4.78, 5) is 8.16. The fourth-order valence-corrected chi connectivity index (χ4v) is 3.05. The van der Waals surface area contributed by atoms with Gasteiger partial charge in [-0.3, -0.25) is 4.90 Å². The van der Waals surface area contributed by atoms with E-state index < -0.39 is 11.9 Å². The van der Waals surface area contributed by atoms with E-state index in [2.05, 4.69) is 15.2 Å². The number of nitrogens with zero attached hydrogens (tertiary/aromatic N) is 3. The molecule has 3 heterocycles.